The van der Waals surface area contributed by atoms with Crippen LogP contribution >= 0.6 is 0 Å². The van der Waals surface area contributed by atoms with Crippen LogP contribution in [0.5, 0.6) is 0 Å². The molecule has 0 saturated carbocycles. The second-order valence-corrected chi connectivity index (χ2v) is 1.94. The topological polar surface area (TPSA) is 41.1 Å². The molecular formula is C8H24N2O. The van der Waals surface area contributed by atoms with Crippen molar-refractivity contribution in [1.29, 1.82) is 0 Å². The number of nitrogens with one attached hydrogen (secondary N) is 2. The van der Waals surface area contributed by atoms with Gasteiger partial charge in [-0.15, -0.1) is 0 Å². The van der Waals surface area contributed by atoms with E-state index < -0.39 is 0 Å². The quantitative estimate of drug-likeness (QED) is 0.614. The summed E-state index contributed by atoms with van der Waals surface area (Å²) < 4.78 is 0. The molecule has 0 aliphatic heterocycles. The zero-order valence-electron chi connectivity index (χ0n) is 8.03. The molecule has 0 fully saturated rings. The lowest BCUT2D eigenvalue weighted by Crippen LogP contribution is -2.23. The van der Waals surface area contributed by atoms with Crippen molar-refractivity contribution in [2.24, 2.45) is 0 Å². The molecule has 0 heterocycles. The van der Waals surface area contributed by atoms with E-state index in [9.17, 15) is 4.79 Å². The Morgan fingerprint density at radius 3 is 2.27 bits per heavy atom. The summed E-state index contributed by atoms with van der Waals surface area (Å²) in [7, 11) is 1.90. The predicted molar refractivity (Wildman–Crippen MR) is 52.8 cm³/mol. The van der Waals surface area contributed by atoms with Gasteiger partial charge in [0.25, 0.3) is 0 Å². The van der Waals surface area contributed by atoms with Crippen molar-refractivity contribution >= 4 is 5.91 Å². The van der Waals surface area contributed by atoms with Gasteiger partial charge in [0, 0.05) is 16.3 Å². The van der Waals surface area contributed by atoms with Gasteiger partial charge in [-0.05, 0) is 20.0 Å². The summed E-state index contributed by atoms with van der Waals surface area (Å²) in [5, 5.41) is 5.69. The fraction of sp³-hybridized carbons (Fsp3) is 0.875. The summed E-state index contributed by atoms with van der Waals surface area (Å²) >= 11 is 0. The number of hydrogen-bond donors (Lipinski definition) is 2. The monoisotopic (exact) mass is 164 g/mol. The Labute approximate surface area is 72.5 Å². The molecule has 0 spiro atoms. The smallest absolute Gasteiger partial charge is 0.216 e. The van der Waals surface area contributed by atoms with Gasteiger partial charge in [-0.25, -0.2) is 0 Å². The van der Waals surface area contributed by atoms with E-state index in [0.29, 0.717) is 0 Å². The molecule has 0 unspecified atom stereocenters. The molecule has 0 bridgehead atoms. The maximum Gasteiger partial charge on any atom is 0.216 e. The first-order valence-corrected chi connectivity index (χ1v) is 4.16. The summed E-state index contributed by atoms with van der Waals surface area (Å²) in [6.45, 7) is 7.26. The van der Waals surface area contributed by atoms with Crippen molar-refractivity contribution in [2.45, 2.75) is 27.2 Å². The first kappa shape index (κ1) is 13.1. The van der Waals surface area contributed by atoms with E-state index >= 15 is 0 Å². The molecule has 0 rings (SSSR count). The molecule has 11 heavy (non-hydrogen) atoms. The van der Waals surface area contributed by atoms with E-state index in [4.69, 9.17) is 0 Å². The van der Waals surface area contributed by atoms with Crippen LogP contribution in [-0.4, -0.2) is 26.0 Å². The molecule has 72 valence electrons. The molecule has 0 radical (unpaired) electrons. The molecule has 2 N–H and O–H groups in total. The fourth-order valence-electron chi connectivity index (χ4n) is 0.530. The molecule has 1 amide bonds. The zero-order chi connectivity index (χ0) is 9.11. The Balaban J connectivity index is -0.0000000941. The van der Waals surface area contributed by atoms with Gasteiger partial charge in [-0.2, -0.15) is 0 Å². The van der Waals surface area contributed by atoms with Crippen LogP contribution in [0.3, 0.4) is 0 Å². The molecular weight excluding hydrogens is 140 g/mol. The van der Waals surface area contributed by atoms with Gasteiger partial charge in [-0.1, -0.05) is 13.8 Å². The van der Waals surface area contributed by atoms with Crippen LogP contribution in [-0.2, 0) is 4.79 Å². The second kappa shape index (κ2) is 12.1. The molecule has 0 atom stereocenters. The number of carbonyl (C=O) groups is 1. The summed E-state index contributed by atoms with van der Waals surface area (Å²) in [6, 6.07) is 0. The summed E-state index contributed by atoms with van der Waals surface area (Å²) in [5.41, 5.74) is 0. The maximum absolute atomic E-state index is 10.3. The Morgan fingerprint density at radius 1 is 1.36 bits per heavy atom. The molecule has 0 aromatic carbocycles. The standard InChI is InChI=1S/C6H14N2O.C2H6.2H2/c1-6(9)8-5-3-4-7-2;1-2;;/h7H,3-5H2,1-2H3,(H,8,9);1-2H3;2*1H. The first-order valence-electron chi connectivity index (χ1n) is 4.16. The summed E-state index contributed by atoms with van der Waals surface area (Å²) in [4.78, 5) is 10.3. The van der Waals surface area contributed by atoms with Crippen LogP contribution in [0.1, 0.15) is 30.0 Å². The van der Waals surface area contributed by atoms with E-state index in [-0.39, 0.29) is 8.76 Å². The van der Waals surface area contributed by atoms with E-state index in [2.05, 4.69) is 10.6 Å². The lowest BCUT2D eigenvalue weighted by molar-refractivity contribution is -0.118. The second-order valence-electron chi connectivity index (χ2n) is 1.94. The highest BCUT2D eigenvalue weighted by Gasteiger charge is 1.87. The van der Waals surface area contributed by atoms with Crippen LogP contribution in [0.2, 0.25) is 0 Å². The average Bonchev–Trinajstić information content (AvgIpc) is 2.02. The minimum Gasteiger partial charge on any atom is -0.356 e. The first-order chi connectivity index (χ1) is 5.27. The van der Waals surface area contributed by atoms with Crippen LogP contribution in [0.15, 0.2) is 0 Å². The fourth-order valence-corrected chi connectivity index (χ4v) is 0.530. The van der Waals surface area contributed by atoms with Crippen molar-refractivity contribution in [1.82, 2.24) is 10.6 Å². The normalized spacial score (nSPS) is 8.00. The van der Waals surface area contributed by atoms with E-state index in [1.54, 1.807) is 0 Å². The Morgan fingerprint density at radius 2 is 1.91 bits per heavy atom. The molecule has 0 aromatic heterocycles. The lowest BCUT2D eigenvalue weighted by atomic mass is 10.4. The largest absolute Gasteiger partial charge is 0.356 e. The lowest BCUT2D eigenvalue weighted by Gasteiger charge is -1.99. The van der Waals surface area contributed by atoms with E-state index in [0.717, 1.165) is 19.5 Å². The van der Waals surface area contributed by atoms with Gasteiger partial charge in [0.05, 0.1) is 0 Å². The molecule has 0 aliphatic carbocycles. The third-order valence-corrected chi connectivity index (χ3v) is 0.977. The van der Waals surface area contributed by atoms with Crippen molar-refractivity contribution < 1.29 is 7.65 Å². The third kappa shape index (κ3) is 17.7. The summed E-state index contributed by atoms with van der Waals surface area (Å²) in [6.07, 6.45) is 0.996. The van der Waals surface area contributed by atoms with E-state index in [1.165, 1.54) is 6.92 Å². The highest BCUT2D eigenvalue weighted by Crippen LogP contribution is 1.70. The van der Waals surface area contributed by atoms with Crippen molar-refractivity contribution in [3.05, 3.63) is 0 Å². The number of amides is 1. The van der Waals surface area contributed by atoms with Crippen molar-refractivity contribution in [2.75, 3.05) is 20.1 Å². The Kier molecular flexibility index (Phi) is 14.4. The summed E-state index contributed by atoms with van der Waals surface area (Å²) in [5.74, 6) is 0.0473. The molecule has 3 heteroatoms. The Bertz CT molecular complexity index is 92.2. The zero-order valence-corrected chi connectivity index (χ0v) is 8.03. The minimum atomic E-state index is 0. The SMILES string of the molecule is CC.CNCCCNC(C)=O.[HH].[HH]. The molecule has 0 saturated heterocycles. The van der Waals surface area contributed by atoms with Crippen LogP contribution in [0.4, 0.5) is 0 Å². The number of rotatable bonds is 4. The minimum absolute atomic E-state index is 0. The van der Waals surface area contributed by atoms with Gasteiger partial charge in [0.2, 0.25) is 5.91 Å². The van der Waals surface area contributed by atoms with Crippen LogP contribution in [0, 0.1) is 0 Å². The molecule has 3 nitrogen and oxygen atoms in total. The number of hydrogen-bond acceptors (Lipinski definition) is 2. The molecule has 0 aromatic rings. The van der Waals surface area contributed by atoms with Crippen LogP contribution < -0.4 is 10.6 Å². The van der Waals surface area contributed by atoms with Gasteiger partial charge in [0.15, 0.2) is 0 Å². The van der Waals surface area contributed by atoms with Gasteiger partial charge in [-0.3, -0.25) is 4.79 Å². The maximum atomic E-state index is 10.3. The number of carbonyl (C=O) groups excluding carboxylic acids is 1. The molecule has 0 aliphatic rings. The van der Waals surface area contributed by atoms with Crippen molar-refractivity contribution in [3.8, 4) is 0 Å². The van der Waals surface area contributed by atoms with Gasteiger partial charge < -0.3 is 10.6 Å². The Hall–Kier alpha value is -0.570. The third-order valence-electron chi connectivity index (χ3n) is 0.977. The van der Waals surface area contributed by atoms with Crippen LogP contribution in [0.25, 0.3) is 0 Å². The predicted octanol–water partition coefficient (Wildman–Crippen LogP) is 1.25. The van der Waals surface area contributed by atoms with Crippen molar-refractivity contribution in [3.63, 3.8) is 0 Å². The van der Waals surface area contributed by atoms with Gasteiger partial charge >= 0.3 is 0 Å². The van der Waals surface area contributed by atoms with E-state index in [1.807, 2.05) is 20.9 Å². The highest BCUT2D eigenvalue weighted by atomic mass is 16.1. The van der Waals surface area contributed by atoms with Gasteiger partial charge in [0.1, 0.15) is 0 Å². The average molecular weight is 164 g/mol. The highest BCUT2D eigenvalue weighted by molar-refractivity contribution is 5.72.